The van der Waals surface area contributed by atoms with E-state index in [-0.39, 0.29) is 46.6 Å². The largest absolute Gasteiger partial charge is 0.449 e. The van der Waals surface area contributed by atoms with Crippen LogP contribution in [0.2, 0.25) is 5.02 Å². The van der Waals surface area contributed by atoms with Gasteiger partial charge in [0.1, 0.15) is 0 Å². The number of nitrogens with one attached hydrogen (secondary N) is 1. The molecule has 1 aliphatic rings. The number of hydrogen-bond acceptors (Lipinski definition) is 7. The Morgan fingerprint density at radius 2 is 1.74 bits per heavy atom. The average molecular weight is 446 g/mol. The summed E-state index contributed by atoms with van der Waals surface area (Å²) in [6, 6.07) is 9.19. The molecule has 10 nitrogen and oxygen atoms in total. The number of carbonyl (C=O) groups is 4. The predicted molar refractivity (Wildman–Crippen MR) is 110 cm³/mol. The van der Waals surface area contributed by atoms with E-state index in [4.69, 9.17) is 16.3 Å². The molecule has 2 aromatic rings. The number of hydrogen-bond donors (Lipinski definition) is 1. The maximum Gasteiger partial charge on any atom is 0.338 e. The first kappa shape index (κ1) is 21.9. The van der Waals surface area contributed by atoms with Crippen molar-refractivity contribution in [1.29, 1.82) is 0 Å². The van der Waals surface area contributed by atoms with Crippen LogP contribution in [0.4, 0.5) is 17.1 Å². The van der Waals surface area contributed by atoms with Crippen molar-refractivity contribution in [1.82, 2.24) is 0 Å². The highest BCUT2D eigenvalue weighted by molar-refractivity contribution is 6.34. The average Bonchev–Trinajstić information content (AvgIpc) is 3.07. The third-order valence-corrected chi connectivity index (χ3v) is 4.80. The molecule has 3 rings (SSSR count). The van der Waals surface area contributed by atoms with Gasteiger partial charge in [-0.1, -0.05) is 11.6 Å². The number of anilines is 2. The van der Waals surface area contributed by atoms with Crippen molar-refractivity contribution in [2.24, 2.45) is 0 Å². The Bertz CT molecular complexity index is 1070. The summed E-state index contributed by atoms with van der Waals surface area (Å²) in [6.45, 7) is 1.35. The molecule has 2 aromatic carbocycles. The van der Waals surface area contributed by atoms with Crippen LogP contribution < -0.4 is 10.2 Å². The molecule has 1 atom stereocenters. The second-order valence-corrected chi connectivity index (χ2v) is 7.04. The Kier molecular flexibility index (Phi) is 6.30. The number of nitro benzene ring substituents is 1. The fraction of sp³-hybridized carbons (Fsp3) is 0.200. The number of halogens is 1. The van der Waals surface area contributed by atoms with Gasteiger partial charge in [0.05, 0.1) is 26.9 Å². The molecule has 1 aliphatic heterocycles. The standard InChI is InChI=1S/C20H16ClN3O7/c1-11(19(27)22-16-7-6-14(24(29)30)10-15(16)21)31-20(28)12-2-4-13(5-3-12)23-17(25)8-9-18(23)26/h2-7,10-11H,8-9H2,1H3,(H,22,27). The molecule has 160 valence electrons. The summed E-state index contributed by atoms with van der Waals surface area (Å²) in [7, 11) is 0. The molecule has 1 unspecified atom stereocenters. The van der Waals surface area contributed by atoms with Crippen molar-refractivity contribution in [3.8, 4) is 0 Å². The Labute approximate surface area is 180 Å². The van der Waals surface area contributed by atoms with E-state index in [9.17, 15) is 29.3 Å². The number of non-ortho nitro benzene ring substituents is 1. The van der Waals surface area contributed by atoms with Crippen molar-refractivity contribution < 1.29 is 28.8 Å². The van der Waals surface area contributed by atoms with Crippen LogP contribution in [0.3, 0.4) is 0 Å². The molecule has 31 heavy (non-hydrogen) atoms. The van der Waals surface area contributed by atoms with Gasteiger partial charge >= 0.3 is 5.97 Å². The maximum absolute atomic E-state index is 12.3. The first-order chi connectivity index (χ1) is 14.7. The zero-order valence-corrected chi connectivity index (χ0v) is 16.9. The van der Waals surface area contributed by atoms with Gasteiger partial charge in [0, 0.05) is 25.0 Å². The van der Waals surface area contributed by atoms with E-state index in [1.165, 1.54) is 43.3 Å². The van der Waals surface area contributed by atoms with Gasteiger partial charge < -0.3 is 10.1 Å². The molecular formula is C20H16ClN3O7. The molecule has 1 fully saturated rings. The molecule has 0 saturated carbocycles. The molecule has 11 heteroatoms. The minimum absolute atomic E-state index is 0.0392. The zero-order valence-electron chi connectivity index (χ0n) is 16.2. The molecule has 0 aromatic heterocycles. The first-order valence-electron chi connectivity index (χ1n) is 9.09. The molecule has 1 saturated heterocycles. The highest BCUT2D eigenvalue weighted by Crippen LogP contribution is 2.27. The van der Waals surface area contributed by atoms with Crippen LogP contribution in [0.5, 0.6) is 0 Å². The molecule has 1 heterocycles. The van der Waals surface area contributed by atoms with E-state index < -0.39 is 22.9 Å². The van der Waals surface area contributed by atoms with Crippen molar-refractivity contribution >= 4 is 52.4 Å². The lowest BCUT2D eigenvalue weighted by Gasteiger charge is -2.16. The van der Waals surface area contributed by atoms with Gasteiger partial charge in [-0.2, -0.15) is 0 Å². The molecule has 1 N–H and O–H groups in total. The summed E-state index contributed by atoms with van der Waals surface area (Å²) in [5, 5.41) is 13.1. The first-order valence-corrected chi connectivity index (χ1v) is 9.47. The minimum Gasteiger partial charge on any atom is -0.449 e. The molecule has 0 spiro atoms. The van der Waals surface area contributed by atoms with Crippen LogP contribution in [0.1, 0.15) is 30.1 Å². The molecule has 0 bridgehead atoms. The summed E-state index contributed by atoms with van der Waals surface area (Å²) >= 11 is 5.93. The predicted octanol–water partition coefficient (Wildman–Crippen LogP) is 3.09. The van der Waals surface area contributed by atoms with Gasteiger partial charge in [-0.25, -0.2) is 4.79 Å². The fourth-order valence-corrected chi connectivity index (χ4v) is 3.07. The number of ether oxygens (including phenoxy) is 1. The van der Waals surface area contributed by atoms with Gasteiger partial charge in [-0.05, 0) is 37.3 Å². The number of nitrogens with zero attached hydrogens (tertiary/aromatic N) is 2. The van der Waals surface area contributed by atoms with Gasteiger partial charge in [0.15, 0.2) is 6.10 Å². The third-order valence-electron chi connectivity index (χ3n) is 4.49. The van der Waals surface area contributed by atoms with Crippen molar-refractivity contribution in [3.05, 3.63) is 63.2 Å². The topological polar surface area (TPSA) is 136 Å². The van der Waals surface area contributed by atoms with Gasteiger partial charge in [0.25, 0.3) is 11.6 Å². The number of imide groups is 1. The van der Waals surface area contributed by atoms with Crippen LogP contribution in [-0.4, -0.2) is 34.7 Å². The molecule has 3 amide bonds. The molecular weight excluding hydrogens is 430 g/mol. The Balaban J connectivity index is 1.62. The second kappa shape index (κ2) is 8.92. The summed E-state index contributed by atoms with van der Waals surface area (Å²) < 4.78 is 5.13. The minimum atomic E-state index is -1.19. The SMILES string of the molecule is CC(OC(=O)c1ccc(N2C(=O)CCC2=O)cc1)C(=O)Nc1ccc([N+](=O)[O-])cc1Cl. The summed E-state index contributed by atoms with van der Waals surface area (Å²) in [6.07, 6.45) is -0.901. The van der Waals surface area contributed by atoms with Crippen molar-refractivity contribution in [3.63, 3.8) is 0 Å². The highest BCUT2D eigenvalue weighted by Gasteiger charge is 2.30. The van der Waals surface area contributed by atoms with Crippen molar-refractivity contribution in [2.45, 2.75) is 25.9 Å². The molecule has 0 radical (unpaired) electrons. The summed E-state index contributed by atoms with van der Waals surface area (Å²) in [5.41, 5.74) is 0.367. The van der Waals surface area contributed by atoms with Crippen LogP contribution in [0, 0.1) is 10.1 Å². The number of esters is 1. The van der Waals surface area contributed by atoms with Crippen LogP contribution in [-0.2, 0) is 19.1 Å². The van der Waals surface area contributed by atoms with E-state index >= 15 is 0 Å². The van der Waals surface area contributed by atoms with E-state index in [0.29, 0.717) is 5.69 Å². The smallest absolute Gasteiger partial charge is 0.338 e. The summed E-state index contributed by atoms with van der Waals surface area (Å²) in [5.74, 6) is -2.09. The number of rotatable bonds is 6. The van der Waals surface area contributed by atoms with Crippen LogP contribution in [0.15, 0.2) is 42.5 Å². The van der Waals surface area contributed by atoms with E-state index in [0.717, 1.165) is 11.0 Å². The van der Waals surface area contributed by atoms with Gasteiger partial charge in [-0.15, -0.1) is 0 Å². The van der Waals surface area contributed by atoms with E-state index in [1.807, 2.05) is 0 Å². The third kappa shape index (κ3) is 4.86. The zero-order chi connectivity index (χ0) is 22.7. The quantitative estimate of drug-likeness (QED) is 0.312. The van der Waals surface area contributed by atoms with Crippen LogP contribution in [0.25, 0.3) is 0 Å². The fourth-order valence-electron chi connectivity index (χ4n) is 2.85. The second-order valence-electron chi connectivity index (χ2n) is 6.63. The van der Waals surface area contributed by atoms with E-state index in [1.54, 1.807) is 0 Å². The normalized spacial score (nSPS) is 14.3. The number of nitro groups is 1. The Morgan fingerprint density at radius 1 is 1.13 bits per heavy atom. The number of benzene rings is 2. The number of amides is 3. The highest BCUT2D eigenvalue weighted by atomic mass is 35.5. The lowest BCUT2D eigenvalue weighted by molar-refractivity contribution is -0.384. The van der Waals surface area contributed by atoms with E-state index in [2.05, 4.69) is 5.32 Å². The number of carbonyl (C=O) groups excluding carboxylic acids is 4. The van der Waals surface area contributed by atoms with Gasteiger partial charge in [0.2, 0.25) is 11.8 Å². The lowest BCUT2D eigenvalue weighted by Crippen LogP contribution is -2.30. The monoisotopic (exact) mass is 445 g/mol. The lowest BCUT2D eigenvalue weighted by atomic mass is 10.2. The van der Waals surface area contributed by atoms with Crippen LogP contribution >= 0.6 is 11.6 Å². The molecule has 0 aliphatic carbocycles. The summed E-state index contributed by atoms with van der Waals surface area (Å²) in [4.78, 5) is 59.3. The maximum atomic E-state index is 12.3. The Morgan fingerprint density at radius 3 is 2.29 bits per heavy atom. The Hall–Kier alpha value is -3.79. The van der Waals surface area contributed by atoms with Gasteiger partial charge in [-0.3, -0.25) is 29.4 Å². The van der Waals surface area contributed by atoms with Crippen molar-refractivity contribution in [2.75, 3.05) is 10.2 Å².